The van der Waals surface area contributed by atoms with E-state index in [4.69, 9.17) is 9.47 Å². The minimum Gasteiger partial charge on any atom is -0.502 e. The van der Waals surface area contributed by atoms with Gasteiger partial charge in [0.05, 0.1) is 14.2 Å². The van der Waals surface area contributed by atoms with Gasteiger partial charge in [-0.15, -0.1) is 0 Å². The van der Waals surface area contributed by atoms with E-state index in [-0.39, 0.29) is 5.75 Å². The summed E-state index contributed by atoms with van der Waals surface area (Å²) in [5.74, 6) is 1.00. The Morgan fingerprint density at radius 3 is 2.00 bits per heavy atom. The summed E-state index contributed by atoms with van der Waals surface area (Å²) in [7, 11) is 3.13. The van der Waals surface area contributed by atoms with Crippen LogP contribution in [0.5, 0.6) is 17.2 Å². The molecule has 0 saturated carbocycles. The second-order valence-corrected chi connectivity index (χ2v) is 7.65. The number of benzene rings is 2. The van der Waals surface area contributed by atoms with E-state index in [1.54, 1.807) is 24.0 Å². The quantitative estimate of drug-likeness (QED) is 0.640. The number of rotatable bonds is 6. The third-order valence-electron chi connectivity index (χ3n) is 5.06. The molecular weight excluding hydrogens is 396 g/mol. The van der Waals surface area contributed by atoms with Gasteiger partial charge in [0.25, 0.3) is 0 Å². The van der Waals surface area contributed by atoms with E-state index in [1.165, 1.54) is 10.0 Å². The van der Waals surface area contributed by atoms with Crippen LogP contribution < -0.4 is 19.3 Å². The number of halogens is 1. The van der Waals surface area contributed by atoms with Crippen molar-refractivity contribution in [3.63, 3.8) is 0 Å². The van der Waals surface area contributed by atoms with Crippen molar-refractivity contribution in [3.05, 3.63) is 52.0 Å². The monoisotopic (exact) mass is 422 g/mol. The van der Waals surface area contributed by atoms with E-state index in [0.717, 1.165) is 44.8 Å². The fraction of sp³-hybridized carbons (Fsp3) is 0.400. The fourth-order valence-electron chi connectivity index (χ4n) is 3.56. The van der Waals surface area contributed by atoms with Gasteiger partial charge in [0, 0.05) is 15.6 Å². The third-order valence-corrected chi connectivity index (χ3v) is 5.83. The van der Waals surface area contributed by atoms with Gasteiger partial charge in [0.15, 0.2) is 11.5 Å². The number of methoxy groups -OCH3 is 2. The number of phenols is 1. The predicted molar refractivity (Wildman–Crippen MR) is 104 cm³/mol. The molecule has 2 aromatic rings. The van der Waals surface area contributed by atoms with E-state index in [9.17, 15) is 5.11 Å². The highest BCUT2D eigenvalue weighted by Crippen LogP contribution is 2.36. The van der Waals surface area contributed by atoms with E-state index in [2.05, 4.69) is 40.2 Å². The Morgan fingerprint density at radius 2 is 1.46 bits per heavy atom. The van der Waals surface area contributed by atoms with Crippen LogP contribution in [-0.2, 0) is 13.1 Å². The molecule has 5 nitrogen and oxygen atoms in total. The first kappa shape index (κ1) is 19.0. The Morgan fingerprint density at radius 1 is 0.923 bits per heavy atom. The van der Waals surface area contributed by atoms with Crippen molar-refractivity contribution >= 4 is 15.9 Å². The van der Waals surface area contributed by atoms with Crippen molar-refractivity contribution in [1.29, 1.82) is 0 Å². The Bertz CT molecular complexity index is 721. The van der Waals surface area contributed by atoms with Crippen LogP contribution in [0.4, 0.5) is 0 Å². The van der Waals surface area contributed by atoms with Crippen molar-refractivity contribution < 1.29 is 24.4 Å². The second kappa shape index (κ2) is 8.75. The van der Waals surface area contributed by atoms with Crippen LogP contribution in [0.3, 0.4) is 0 Å². The summed E-state index contributed by atoms with van der Waals surface area (Å²) in [4.78, 5) is 3.18. The molecule has 1 aliphatic heterocycles. The van der Waals surface area contributed by atoms with Gasteiger partial charge < -0.3 is 24.4 Å². The van der Waals surface area contributed by atoms with Crippen LogP contribution in [-0.4, -0.2) is 45.5 Å². The highest BCUT2D eigenvalue weighted by atomic mass is 79.9. The molecule has 3 rings (SSSR count). The molecule has 2 aromatic carbocycles. The Labute approximate surface area is 163 Å². The molecule has 0 bridgehead atoms. The number of hydrogen-bond donors (Lipinski definition) is 3. The highest BCUT2D eigenvalue weighted by Gasteiger charge is 2.24. The Hall–Kier alpha value is -1.76. The van der Waals surface area contributed by atoms with Gasteiger partial charge in [-0.3, -0.25) is 0 Å². The van der Waals surface area contributed by atoms with Crippen LogP contribution in [0, 0.1) is 0 Å². The largest absolute Gasteiger partial charge is 0.502 e. The molecule has 6 heteroatoms. The molecule has 0 atom stereocenters. The van der Waals surface area contributed by atoms with E-state index in [1.807, 2.05) is 12.1 Å². The van der Waals surface area contributed by atoms with Crippen molar-refractivity contribution in [1.82, 2.24) is 0 Å². The van der Waals surface area contributed by atoms with E-state index >= 15 is 0 Å². The number of aromatic hydroxyl groups is 1. The number of nitrogens with one attached hydrogen (secondary N) is 2. The molecule has 1 fully saturated rings. The van der Waals surface area contributed by atoms with Crippen LogP contribution >= 0.6 is 15.9 Å². The summed E-state index contributed by atoms with van der Waals surface area (Å²) < 4.78 is 11.7. The first-order chi connectivity index (χ1) is 12.6. The number of hydrogen-bond acceptors (Lipinski definition) is 3. The molecule has 3 N–H and O–H groups in total. The van der Waals surface area contributed by atoms with Crippen LogP contribution in [0.2, 0.25) is 0 Å². The molecule has 0 unspecified atom stereocenters. The van der Waals surface area contributed by atoms with Crippen molar-refractivity contribution in [2.75, 3.05) is 40.4 Å². The van der Waals surface area contributed by atoms with Gasteiger partial charge >= 0.3 is 0 Å². The smallest absolute Gasteiger partial charge is 0.200 e. The maximum Gasteiger partial charge on any atom is 0.200 e. The Balaban J connectivity index is 1.58. The summed E-state index contributed by atoms with van der Waals surface area (Å²) >= 11 is 3.65. The molecule has 0 spiro atoms. The fourth-order valence-corrected chi connectivity index (χ4v) is 3.99. The number of quaternary nitrogens is 2. The molecule has 1 heterocycles. The third kappa shape index (κ3) is 4.50. The van der Waals surface area contributed by atoms with Gasteiger partial charge in [-0.25, -0.2) is 0 Å². The predicted octanol–water partition coefficient (Wildman–Crippen LogP) is 0.656. The van der Waals surface area contributed by atoms with Crippen LogP contribution in [0.1, 0.15) is 11.1 Å². The van der Waals surface area contributed by atoms with Gasteiger partial charge in [-0.1, -0.05) is 34.1 Å². The molecular formula is C20H27BrN2O3+2. The normalized spacial score (nSPS) is 20.0. The molecule has 26 heavy (non-hydrogen) atoms. The first-order valence-electron chi connectivity index (χ1n) is 8.95. The maximum atomic E-state index is 10.1. The lowest BCUT2D eigenvalue weighted by molar-refractivity contribution is -1.02. The number of piperazine rings is 1. The lowest BCUT2D eigenvalue weighted by atomic mass is 10.1. The molecule has 0 amide bonds. The molecule has 0 radical (unpaired) electrons. The molecule has 1 saturated heterocycles. The summed E-state index contributed by atoms with van der Waals surface area (Å²) in [5, 5.41) is 10.1. The van der Waals surface area contributed by atoms with Crippen LogP contribution in [0.15, 0.2) is 40.9 Å². The summed E-state index contributed by atoms with van der Waals surface area (Å²) in [5.41, 5.74) is 2.50. The zero-order valence-corrected chi connectivity index (χ0v) is 16.9. The second-order valence-electron chi connectivity index (χ2n) is 6.79. The summed E-state index contributed by atoms with van der Waals surface area (Å²) in [6.45, 7) is 6.55. The molecule has 0 aliphatic carbocycles. The maximum absolute atomic E-state index is 10.1. The van der Waals surface area contributed by atoms with Gasteiger partial charge in [0.1, 0.15) is 39.3 Å². The number of phenolic OH excluding ortho intramolecular Hbond substituents is 1. The molecule has 0 aromatic heterocycles. The first-order valence-corrected chi connectivity index (χ1v) is 9.74. The van der Waals surface area contributed by atoms with Gasteiger partial charge in [-0.2, -0.15) is 0 Å². The van der Waals surface area contributed by atoms with E-state index in [0.29, 0.717) is 11.5 Å². The lowest BCUT2D eigenvalue weighted by Crippen LogP contribution is -3.27. The van der Waals surface area contributed by atoms with Crippen molar-refractivity contribution in [2.45, 2.75) is 13.1 Å². The summed E-state index contributed by atoms with van der Waals surface area (Å²) in [6, 6.07) is 12.3. The average molecular weight is 423 g/mol. The zero-order chi connectivity index (χ0) is 18.5. The van der Waals surface area contributed by atoms with E-state index < -0.39 is 0 Å². The van der Waals surface area contributed by atoms with Gasteiger partial charge in [0.2, 0.25) is 5.75 Å². The lowest BCUT2D eigenvalue weighted by Gasteiger charge is -2.30. The number of ether oxygens (including phenoxy) is 2. The minimum atomic E-state index is 0.0662. The standard InChI is InChI=1S/C20H25BrN2O3/c1-25-18-11-15(12-19(26-2)20(18)24)13-22-7-9-23(10-8-22)14-16-5-3-4-6-17(16)21/h3-6,11-12,24H,7-10,13-14H2,1-2H3/p+2. The molecule has 1 aliphatic rings. The topological polar surface area (TPSA) is 47.6 Å². The Kier molecular flexibility index (Phi) is 6.40. The zero-order valence-electron chi connectivity index (χ0n) is 15.3. The average Bonchev–Trinajstić information content (AvgIpc) is 2.66. The minimum absolute atomic E-state index is 0.0662. The molecule has 140 valence electrons. The van der Waals surface area contributed by atoms with Crippen LogP contribution in [0.25, 0.3) is 0 Å². The van der Waals surface area contributed by atoms with Crippen molar-refractivity contribution in [2.24, 2.45) is 0 Å². The highest BCUT2D eigenvalue weighted by molar-refractivity contribution is 9.10. The summed E-state index contributed by atoms with van der Waals surface area (Å²) in [6.07, 6.45) is 0. The SMILES string of the molecule is COc1cc(C[NH+]2CC[NH+](Cc3ccccc3Br)CC2)cc(OC)c1O. The van der Waals surface area contributed by atoms with Crippen molar-refractivity contribution in [3.8, 4) is 17.2 Å². The van der Waals surface area contributed by atoms with Gasteiger partial charge in [-0.05, 0) is 18.2 Å².